The first-order valence-electron chi connectivity index (χ1n) is 8.83. The van der Waals surface area contributed by atoms with E-state index in [9.17, 15) is 22.0 Å². The molecule has 0 bridgehead atoms. The number of halogens is 7. The minimum Gasteiger partial charge on any atom is -1.00 e. The fraction of sp³-hybridized carbons (Fsp3) is 0.136. The summed E-state index contributed by atoms with van der Waals surface area (Å²) in [4.78, 5) is 4.48. The molecule has 1 heterocycles. The Labute approximate surface area is 210 Å². The van der Waals surface area contributed by atoms with Gasteiger partial charge in [-0.05, 0) is 23.4 Å². The molecule has 0 N–H and O–H groups in total. The van der Waals surface area contributed by atoms with Crippen LogP contribution >= 0.6 is 0 Å². The van der Waals surface area contributed by atoms with Crippen molar-refractivity contribution in [2.45, 2.75) is 19.5 Å². The maximum Gasteiger partial charge on any atom is 4.00 e. The Kier molecular flexibility index (Phi) is 16.2. The number of pyridine rings is 1. The molecule has 1 aliphatic rings. The maximum atomic E-state index is 11.8. The molecule has 1 aliphatic carbocycles. The van der Waals surface area contributed by atoms with E-state index in [1.807, 2.05) is 12.3 Å². The topological polar surface area (TPSA) is 12.9 Å². The van der Waals surface area contributed by atoms with Crippen molar-refractivity contribution in [1.82, 2.24) is 4.98 Å². The van der Waals surface area contributed by atoms with Gasteiger partial charge in [0.25, 0.3) is 0 Å². The summed E-state index contributed by atoms with van der Waals surface area (Å²) in [7, 11) is 0.750. The summed E-state index contributed by atoms with van der Waals surface area (Å²) in [6.45, 7) is 4.42. The van der Waals surface area contributed by atoms with Gasteiger partial charge in [-0.3, -0.25) is 13.2 Å². The van der Waals surface area contributed by atoms with Gasteiger partial charge in [0.05, 0.1) is 17.5 Å². The molecular formula is C22H19Cl2CrF5NSi. The van der Waals surface area contributed by atoms with Crippen LogP contribution in [0.5, 0.6) is 0 Å². The van der Waals surface area contributed by atoms with Crippen LogP contribution in [0.25, 0.3) is 10.9 Å². The fourth-order valence-corrected chi connectivity index (χ4v) is 2.56. The van der Waals surface area contributed by atoms with Crippen molar-refractivity contribution in [1.29, 1.82) is 0 Å². The summed E-state index contributed by atoms with van der Waals surface area (Å²) in [5, 5.41) is 1.20. The van der Waals surface area contributed by atoms with Crippen molar-refractivity contribution in [2.75, 3.05) is 0 Å². The molecule has 2 aromatic carbocycles. The second-order valence-corrected chi connectivity index (χ2v) is 7.20. The summed E-state index contributed by atoms with van der Waals surface area (Å²) in [6.07, 6.45) is 11.4. The van der Waals surface area contributed by atoms with Gasteiger partial charge in [0.2, 0.25) is 0 Å². The van der Waals surface area contributed by atoms with Crippen LogP contribution in [0.4, 0.5) is 22.0 Å². The van der Waals surface area contributed by atoms with Crippen LogP contribution in [0.2, 0.25) is 13.1 Å². The van der Waals surface area contributed by atoms with Gasteiger partial charge in [0.15, 0.2) is 0 Å². The summed E-state index contributed by atoms with van der Waals surface area (Å²) in [5.74, 6) is -9.24. The zero-order valence-electron chi connectivity index (χ0n) is 17.1. The Balaban J connectivity index is 0. The predicted molar refractivity (Wildman–Crippen MR) is 108 cm³/mol. The second-order valence-electron chi connectivity index (χ2n) is 6.04. The van der Waals surface area contributed by atoms with Crippen molar-refractivity contribution < 1.29 is 64.1 Å². The minimum absolute atomic E-state index is 0. The number of hydrogen-bond donors (Lipinski definition) is 0. The van der Waals surface area contributed by atoms with Crippen LogP contribution in [-0.2, 0) is 17.4 Å². The smallest absolute Gasteiger partial charge is 1.00 e. The molecule has 32 heavy (non-hydrogen) atoms. The molecule has 171 valence electrons. The standard InChI is InChI=1S/C15H12N.C5F5.C2H7Si.2ClH.Cr/c1-2-6-12(7-3-1)14-10-4-8-13-9-5-11-16-15(13)14;6-1-2(7)4(9)5(10)3(1)8;1-3-2;;;/h1-6,8-11H,7H2;;3H,1-2H3;2*1H;/q2*-1;;;;+4/p-2. The van der Waals surface area contributed by atoms with E-state index in [-0.39, 0.29) is 42.2 Å². The summed E-state index contributed by atoms with van der Waals surface area (Å²) in [6, 6.07) is 10.4. The first-order chi connectivity index (χ1) is 13.9. The Morgan fingerprint density at radius 2 is 1.47 bits per heavy atom. The summed E-state index contributed by atoms with van der Waals surface area (Å²) < 4.78 is 58.9. The van der Waals surface area contributed by atoms with Gasteiger partial charge in [-0.25, -0.2) is 8.78 Å². The molecule has 4 rings (SSSR count). The normalized spacial score (nSPS) is 11.2. The Morgan fingerprint density at radius 1 is 0.906 bits per heavy atom. The molecule has 0 fully saturated rings. The van der Waals surface area contributed by atoms with Gasteiger partial charge in [-0.1, -0.05) is 31.3 Å². The van der Waals surface area contributed by atoms with Crippen LogP contribution in [-0.4, -0.2) is 14.5 Å². The molecule has 0 atom stereocenters. The maximum absolute atomic E-state index is 11.8. The number of rotatable bonds is 1. The molecule has 1 radical (unpaired) electrons. The van der Waals surface area contributed by atoms with Gasteiger partial charge in [-0.2, -0.15) is 0 Å². The largest absolute Gasteiger partial charge is 4.00 e. The molecule has 0 unspecified atom stereocenters. The third kappa shape index (κ3) is 8.02. The minimum atomic E-state index is -2.12. The van der Waals surface area contributed by atoms with Crippen LogP contribution in [0.1, 0.15) is 12.0 Å². The average molecular weight is 543 g/mol. The van der Waals surface area contributed by atoms with Crippen LogP contribution in [0, 0.1) is 35.0 Å². The van der Waals surface area contributed by atoms with Crippen LogP contribution < -0.4 is 24.8 Å². The third-order valence-corrected chi connectivity index (χ3v) is 3.82. The molecule has 3 aromatic rings. The first kappa shape index (κ1) is 32.5. The van der Waals surface area contributed by atoms with Crippen molar-refractivity contribution in [2.24, 2.45) is 0 Å². The molecule has 1 aromatic heterocycles. The molecule has 10 heteroatoms. The van der Waals surface area contributed by atoms with Gasteiger partial charge >= 0.3 is 17.4 Å². The number of aromatic nitrogens is 1. The summed E-state index contributed by atoms with van der Waals surface area (Å²) >= 11 is 0. The van der Waals surface area contributed by atoms with Gasteiger partial charge in [-0.15, -0.1) is 41.8 Å². The zero-order chi connectivity index (χ0) is 21.4. The van der Waals surface area contributed by atoms with Crippen LogP contribution in [0.3, 0.4) is 0 Å². The number of nitrogens with zero attached hydrogens (tertiary/aromatic N) is 1. The molecule has 0 spiro atoms. The molecule has 0 amide bonds. The van der Waals surface area contributed by atoms with Gasteiger partial charge in [0.1, 0.15) is 0 Å². The van der Waals surface area contributed by atoms with Crippen molar-refractivity contribution in [3.05, 3.63) is 101 Å². The monoisotopic (exact) mass is 542 g/mol. The van der Waals surface area contributed by atoms with E-state index < -0.39 is 29.1 Å². The Bertz CT molecular complexity index is 941. The van der Waals surface area contributed by atoms with E-state index in [1.165, 1.54) is 16.9 Å². The van der Waals surface area contributed by atoms with Crippen molar-refractivity contribution in [3.8, 4) is 0 Å². The average Bonchev–Trinajstić information content (AvgIpc) is 2.92. The zero-order valence-corrected chi connectivity index (χ0v) is 21.0. The number of allylic oxidation sites excluding steroid dienone is 4. The van der Waals surface area contributed by atoms with Crippen LogP contribution in [0.15, 0.2) is 60.8 Å². The number of fused-ring (bicyclic) bond motifs is 1. The van der Waals surface area contributed by atoms with Crippen molar-refractivity contribution >= 4 is 20.4 Å². The number of para-hydroxylation sites is 1. The third-order valence-electron chi connectivity index (χ3n) is 3.82. The van der Waals surface area contributed by atoms with E-state index in [4.69, 9.17) is 0 Å². The van der Waals surface area contributed by atoms with Gasteiger partial charge in [0, 0.05) is 27.4 Å². The predicted octanol–water partition coefficient (Wildman–Crippen LogP) is 0.299. The molecular weight excluding hydrogens is 524 g/mol. The van der Waals surface area contributed by atoms with E-state index in [2.05, 4.69) is 66.6 Å². The first-order valence-corrected chi connectivity index (χ1v) is 11.1. The molecule has 1 nitrogen and oxygen atoms in total. The van der Waals surface area contributed by atoms with E-state index in [0.29, 0.717) is 0 Å². The van der Waals surface area contributed by atoms with Crippen molar-refractivity contribution in [3.63, 3.8) is 0 Å². The fourth-order valence-electron chi connectivity index (χ4n) is 2.56. The van der Waals surface area contributed by atoms with E-state index in [0.717, 1.165) is 21.5 Å². The quantitative estimate of drug-likeness (QED) is 0.245. The second kappa shape index (κ2) is 16.0. The van der Waals surface area contributed by atoms with E-state index >= 15 is 0 Å². The van der Waals surface area contributed by atoms with Gasteiger partial charge < -0.3 is 29.8 Å². The Hall–Kier alpha value is -1.69. The van der Waals surface area contributed by atoms with E-state index in [1.54, 1.807) is 0 Å². The summed E-state index contributed by atoms with van der Waals surface area (Å²) in [5.41, 5.74) is 2.35. The SMILES string of the molecule is C1=CC[C-](c2cccc3cccnc23)C=C1.C[SiH]C.Fc1c(F)c(F)[c-](F)c1F.[Cl-].[Cl-].[Cr+4]. The number of benzene rings is 1. The number of hydrogen-bond acceptors (Lipinski definition) is 1. The molecule has 0 saturated heterocycles. The molecule has 0 saturated carbocycles. The molecule has 0 aliphatic heterocycles. The Morgan fingerprint density at radius 3 is 1.94 bits per heavy atom.